The molecule has 0 saturated carbocycles. The first kappa shape index (κ1) is 29.9. The van der Waals surface area contributed by atoms with Crippen LogP contribution in [0.25, 0.3) is 11.3 Å². The summed E-state index contributed by atoms with van der Waals surface area (Å²) in [4.78, 5) is 19.1. The molecule has 0 saturated heterocycles. The van der Waals surface area contributed by atoms with Crippen LogP contribution >= 0.6 is 58.5 Å². The van der Waals surface area contributed by atoms with Gasteiger partial charge in [-0.1, -0.05) is 77.8 Å². The number of thiocarbonyl (C=S) groups is 1. The average molecular weight is 652 g/mol. The van der Waals surface area contributed by atoms with Gasteiger partial charge in [-0.25, -0.2) is 4.98 Å². The van der Waals surface area contributed by atoms with Gasteiger partial charge in [0.15, 0.2) is 10.2 Å². The summed E-state index contributed by atoms with van der Waals surface area (Å²) in [5.41, 5.74) is 3.93. The highest BCUT2D eigenvalue weighted by molar-refractivity contribution is 8.00. The second-order valence-electron chi connectivity index (χ2n) is 8.87. The van der Waals surface area contributed by atoms with Crippen molar-refractivity contribution >= 4 is 86.0 Å². The zero-order valence-electron chi connectivity index (χ0n) is 22.1. The quantitative estimate of drug-likeness (QED) is 0.108. The molecule has 1 unspecified atom stereocenters. The fraction of sp³-hybridized carbons (Fsp3) is 0.0645. The van der Waals surface area contributed by atoms with E-state index in [1.807, 2.05) is 90.3 Å². The Balaban J connectivity index is 1.31. The Labute approximate surface area is 267 Å². The maximum absolute atomic E-state index is 13.6. The number of carbonyl (C=O) groups excluding carboxylic acids is 1. The zero-order valence-corrected chi connectivity index (χ0v) is 26.1. The maximum atomic E-state index is 13.6. The fourth-order valence-corrected chi connectivity index (χ4v) is 6.34. The minimum atomic E-state index is -0.530. The van der Waals surface area contributed by atoms with E-state index in [9.17, 15) is 4.79 Å². The number of carbonyl (C=O) groups is 1. The van der Waals surface area contributed by atoms with Crippen LogP contribution in [-0.2, 0) is 4.79 Å². The number of nitrogens with one attached hydrogen (secondary N) is 3. The predicted molar refractivity (Wildman–Crippen MR) is 181 cm³/mol. The molecule has 0 aliphatic carbocycles. The van der Waals surface area contributed by atoms with E-state index in [2.05, 4.69) is 20.9 Å². The Hall–Kier alpha value is -3.60. The summed E-state index contributed by atoms with van der Waals surface area (Å²) in [6.07, 6.45) is 0. The number of hydrogen-bond acceptors (Lipinski definition) is 6. The highest BCUT2D eigenvalue weighted by Gasteiger charge is 2.23. The number of benzene rings is 4. The van der Waals surface area contributed by atoms with Crippen LogP contribution in [0.15, 0.2) is 107 Å². The number of methoxy groups -OCH3 is 1. The Bertz CT molecular complexity index is 1720. The number of para-hydroxylation sites is 2. The molecule has 1 heterocycles. The molecular formula is C31H24Cl2N4O2S3. The Morgan fingerprint density at radius 1 is 0.905 bits per heavy atom. The number of amides is 1. The van der Waals surface area contributed by atoms with Gasteiger partial charge in [-0.3, -0.25) is 4.79 Å². The Morgan fingerprint density at radius 3 is 2.48 bits per heavy atom. The van der Waals surface area contributed by atoms with Gasteiger partial charge >= 0.3 is 0 Å². The van der Waals surface area contributed by atoms with E-state index in [1.54, 1.807) is 19.2 Å². The summed E-state index contributed by atoms with van der Waals surface area (Å²) in [5.74, 6) is 0.500. The summed E-state index contributed by atoms with van der Waals surface area (Å²) in [6.45, 7) is 0. The molecule has 42 heavy (non-hydrogen) atoms. The summed E-state index contributed by atoms with van der Waals surface area (Å²) >= 11 is 20.5. The van der Waals surface area contributed by atoms with Gasteiger partial charge in [0, 0.05) is 21.5 Å². The van der Waals surface area contributed by atoms with Crippen molar-refractivity contribution in [2.45, 2.75) is 10.1 Å². The Morgan fingerprint density at radius 2 is 1.69 bits per heavy atom. The molecule has 0 spiro atoms. The Kier molecular flexibility index (Phi) is 9.99. The lowest BCUT2D eigenvalue weighted by atomic mass is 10.1. The number of halogens is 2. The normalized spacial score (nSPS) is 11.4. The number of thioether (sulfide) groups is 1. The molecule has 1 atom stereocenters. The van der Waals surface area contributed by atoms with Crippen LogP contribution in [0.1, 0.15) is 10.8 Å². The summed E-state index contributed by atoms with van der Waals surface area (Å²) in [5, 5.41) is 12.5. The molecule has 5 aromatic rings. The standard InChI is InChI=1S/C31H24Cl2N4O2S3/c1-39-27-13-6-5-12-25(27)35-30(40)34-21-10-7-11-22(17-21)42-28(19-8-3-2-4-9-19)29(38)37-31-36-26(18-41-31)20-14-15-23(32)24(33)16-20/h2-18,28H,1H3,(H2,34,35,40)(H,36,37,38). The minimum Gasteiger partial charge on any atom is -0.495 e. The number of rotatable bonds is 9. The number of anilines is 3. The van der Waals surface area contributed by atoms with E-state index < -0.39 is 5.25 Å². The molecule has 11 heteroatoms. The van der Waals surface area contributed by atoms with Gasteiger partial charge in [-0.2, -0.15) is 0 Å². The molecule has 4 aromatic carbocycles. The fourth-order valence-electron chi connectivity index (χ4n) is 4.01. The van der Waals surface area contributed by atoms with Crippen molar-refractivity contribution < 1.29 is 9.53 Å². The number of hydrogen-bond donors (Lipinski definition) is 3. The molecule has 1 amide bonds. The van der Waals surface area contributed by atoms with Crippen LogP contribution in [0.4, 0.5) is 16.5 Å². The van der Waals surface area contributed by atoms with E-state index in [4.69, 9.17) is 40.2 Å². The van der Waals surface area contributed by atoms with Gasteiger partial charge in [-0.15, -0.1) is 23.1 Å². The molecule has 0 aliphatic heterocycles. The molecule has 1 aromatic heterocycles. The molecule has 0 radical (unpaired) electrons. The van der Waals surface area contributed by atoms with Gasteiger partial charge in [0.25, 0.3) is 0 Å². The third-order valence-electron chi connectivity index (χ3n) is 5.99. The lowest BCUT2D eigenvalue weighted by Crippen LogP contribution is -2.20. The van der Waals surface area contributed by atoms with E-state index in [-0.39, 0.29) is 5.91 Å². The number of nitrogens with zero attached hydrogens (tertiary/aromatic N) is 1. The van der Waals surface area contributed by atoms with Crippen molar-refractivity contribution in [3.8, 4) is 17.0 Å². The highest BCUT2D eigenvalue weighted by atomic mass is 35.5. The van der Waals surface area contributed by atoms with Gasteiger partial charge in [0.05, 0.1) is 28.5 Å². The number of aromatic nitrogens is 1. The van der Waals surface area contributed by atoms with Crippen molar-refractivity contribution in [1.29, 1.82) is 0 Å². The summed E-state index contributed by atoms with van der Waals surface area (Å²) < 4.78 is 5.39. The van der Waals surface area contributed by atoms with E-state index in [1.165, 1.54) is 23.1 Å². The van der Waals surface area contributed by atoms with Crippen LogP contribution in [-0.4, -0.2) is 23.1 Å². The van der Waals surface area contributed by atoms with Crippen molar-refractivity contribution in [1.82, 2.24) is 4.98 Å². The highest BCUT2D eigenvalue weighted by Crippen LogP contribution is 2.38. The van der Waals surface area contributed by atoms with Crippen LogP contribution < -0.4 is 20.7 Å². The second-order valence-corrected chi connectivity index (χ2v) is 12.1. The molecule has 0 aliphatic rings. The van der Waals surface area contributed by atoms with Gasteiger partial charge < -0.3 is 20.7 Å². The lowest BCUT2D eigenvalue weighted by Gasteiger charge is -2.17. The minimum absolute atomic E-state index is 0.187. The van der Waals surface area contributed by atoms with Gasteiger partial charge in [0.1, 0.15) is 11.0 Å². The molecular weight excluding hydrogens is 627 g/mol. The molecule has 0 bridgehead atoms. The second kappa shape index (κ2) is 14.0. The lowest BCUT2D eigenvalue weighted by molar-refractivity contribution is -0.115. The van der Waals surface area contributed by atoms with Crippen LogP contribution in [0.5, 0.6) is 5.75 Å². The smallest absolute Gasteiger partial charge is 0.244 e. The van der Waals surface area contributed by atoms with Crippen molar-refractivity contribution in [2.24, 2.45) is 0 Å². The summed E-state index contributed by atoms with van der Waals surface area (Å²) in [7, 11) is 1.61. The first-order valence-corrected chi connectivity index (χ1v) is 15.6. The first-order chi connectivity index (χ1) is 20.4. The van der Waals surface area contributed by atoms with Gasteiger partial charge in [-0.05, 0) is 60.2 Å². The van der Waals surface area contributed by atoms with Crippen molar-refractivity contribution in [3.63, 3.8) is 0 Å². The molecule has 3 N–H and O–H groups in total. The SMILES string of the molecule is COc1ccccc1NC(=S)Nc1cccc(SC(C(=O)Nc2nc(-c3ccc(Cl)c(Cl)c3)cs2)c2ccccc2)c1. The van der Waals surface area contributed by atoms with E-state index >= 15 is 0 Å². The van der Waals surface area contributed by atoms with Crippen LogP contribution in [0.3, 0.4) is 0 Å². The topological polar surface area (TPSA) is 75.3 Å². The van der Waals surface area contributed by atoms with E-state index in [0.717, 1.165) is 27.4 Å². The van der Waals surface area contributed by atoms with Crippen LogP contribution in [0.2, 0.25) is 10.0 Å². The predicted octanol–water partition coefficient (Wildman–Crippen LogP) is 9.41. The summed E-state index contributed by atoms with van der Waals surface area (Å²) in [6, 6.07) is 30.2. The average Bonchev–Trinajstić information content (AvgIpc) is 3.46. The van der Waals surface area contributed by atoms with Crippen molar-refractivity contribution in [3.05, 3.63) is 118 Å². The molecule has 212 valence electrons. The first-order valence-electron chi connectivity index (χ1n) is 12.6. The zero-order chi connectivity index (χ0) is 29.5. The molecule has 5 rings (SSSR count). The number of thiazole rings is 1. The molecule has 6 nitrogen and oxygen atoms in total. The third kappa shape index (κ3) is 7.61. The monoisotopic (exact) mass is 650 g/mol. The maximum Gasteiger partial charge on any atom is 0.244 e. The van der Waals surface area contributed by atoms with Crippen molar-refractivity contribution in [2.75, 3.05) is 23.1 Å². The van der Waals surface area contributed by atoms with Gasteiger partial charge in [0.2, 0.25) is 5.91 Å². The molecule has 0 fully saturated rings. The van der Waals surface area contributed by atoms with E-state index in [0.29, 0.717) is 31.7 Å². The van der Waals surface area contributed by atoms with Crippen LogP contribution in [0, 0.1) is 0 Å². The third-order valence-corrected chi connectivity index (χ3v) is 8.94. The number of ether oxygens (including phenoxy) is 1. The largest absolute Gasteiger partial charge is 0.495 e.